The number of amides is 1. The summed E-state index contributed by atoms with van der Waals surface area (Å²) in [6.07, 6.45) is 7.37. The number of carbonyl (C=O) groups is 1. The van der Waals surface area contributed by atoms with Crippen molar-refractivity contribution < 1.29 is 17.9 Å². The van der Waals surface area contributed by atoms with Gasteiger partial charge in [0.1, 0.15) is 0 Å². The maximum atomic E-state index is 12.7. The minimum Gasteiger partial charge on any atom is -0.381 e. The van der Waals surface area contributed by atoms with E-state index in [4.69, 9.17) is 4.74 Å². The largest absolute Gasteiger partial charge is 0.381 e. The van der Waals surface area contributed by atoms with Crippen molar-refractivity contribution in [3.63, 3.8) is 0 Å². The lowest BCUT2D eigenvalue weighted by atomic mass is 10.0. The molecule has 3 rings (SSSR count). The molecule has 2 saturated heterocycles. The van der Waals surface area contributed by atoms with E-state index in [1.54, 1.807) is 26.3 Å². The first-order valence-electron chi connectivity index (χ1n) is 10.4. The van der Waals surface area contributed by atoms with E-state index < -0.39 is 10.0 Å². The summed E-state index contributed by atoms with van der Waals surface area (Å²) in [7, 11) is -1.36. The molecule has 2 fully saturated rings. The number of carbonyl (C=O) groups excluding carboxylic acids is 1. The summed E-state index contributed by atoms with van der Waals surface area (Å²) in [5.41, 5.74) is 0.594. The van der Waals surface area contributed by atoms with Crippen LogP contribution in [0.15, 0.2) is 12.4 Å². The standard InChI is InChI=1S/C19H33N5O4S/c1-4-22-14-16(13-20-22)19(25)21(2)9-10-24(17-6-11-28-12-7-17)18-5-8-23(15-18)29(3,26)27/h13-14,17-18H,4-12,15H2,1-3H3. The number of sulfonamides is 1. The van der Waals surface area contributed by atoms with Gasteiger partial charge in [-0.05, 0) is 26.2 Å². The monoisotopic (exact) mass is 427 g/mol. The van der Waals surface area contributed by atoms with E-state index in [0.717, 1.165) is 45.6 Å². The number of ether oxygens (including phenoxy) is 1. The molecule has 0 spiro atoms. The van der Waals surface area contributed by atoms with Gasteiger partial charge >= 0.3 is 0 Å². The Labute approximate surface area is 173 Å². The maximum absolute atomic E-state index is 12.7. The van der Waals surface area contributed by atoms with Crippen molar-refractivity contribution in [2.75, 3.05) is 52.7 Å². The van der Waals surface area contributed by atoms with Crippen molar-refractivity contribution in [1.29, 1.82) is 0 Å². The van der Waals surface area contributed by atoms with E-state index >= 15 is 0 Å². The number of hydrogen-bond donors (Lipinski definition) is 0. The molecule has 0 radical (unpaired) electrons. The second-order valence-corrected chi connectivity index (χ2v) is 9.94. The molecule has 2 aliphatic rings. The summed E-state index contributed by atoms with van der Waals surface area (Å²) in [5.74, 6) is -0.0409. The number of hydrogen-bond acceptors (Lipinski definition) is 6. The van der Waals surface area contributed by atoms with Crippen LogP contribution in [0.2, 0.25) is 0 Å². The van der Waals surface area contributed by atoms with Crippen molar-refractivity contribution in [1.82, 2.24) is 23.9 Å². The zero-order valence-electron chi connectivity index (χ0n) is 17.7. The van der Waals surface area contributed by atoms with Crippen molar-refractivity contribution in [2.45, 2.75) is 44.8 Å². The zero-order chi connectivity index (χ0) is 21.0. The van der Waals surface area contributed by atoms with E-state index in [1.807, 2.05) is 14.0 Å². The second kappa shape index (κ2) is 9.55. The summed E-state index contributed by atoms with van der Waals surface area (Å²) in [6.45, 7) is 6.57. The van der Waals surface area contributed by atoms with Gasteiger partial charge in [0.05, 0.1) is 18.0 Å². The molecule has 0 aromatic carbocycles. The van der Waals surface area contributed by atoms with Crippen molar-refractivity contribution in [3.05, 3.63) is 18.0 Å². The van der Waals surface area contributed by atoms with Crippen LogP contribution in [0, 0.1) is 0 Å². The normalized spacial score (nSPS) is 21.7. The van der Waals surface area contributed by atoms with Crippen LogP contribution in [0.4, 0.5) is 0 Å². The third kappa shape index (κ3) is 5.56. The molecule has 1 atom stereocenters. The first kappa shape index (κ1) is 22.2. The highest BCUT2D eigenvalue weighted by Crippen LogP contribution is 2.24. The summed E-state index contributed by atoms with van der Waals surface area (Å²) in [5, 5.41) is 4.18. The molecule has 29 heavy (non-hydrogen) atoms. The van der Waals surface area contributed by atoms with Crippen molar-refractivity contribution in [2.24, 2.45) is 0 Å². The van der Waals surface area contributed by atoms with E-state index in [1.165, 1.54) is 6.26 Å². The Bertz CT molecular complexity index is 790. The van der Waals surface area contributed by atoms with E-state index in [-0.39, 0.29) is 11.9 Å². The Morgan fingerprint density at radius 2 is 1.97 bits per heavy atom. The van der Waals surface area contributed by atoms with Crippen molar-refractivity contribution >= 4 is 15.9 Å². The smallest absolute Gasteiger partial charge is 0.256 e. The van der Waals surface area contributed by atoms with E-state index in [0.29, 0.717) is 31.2 Å². The lowest BCUT2D eigenvalue weighted by Gasteiger charge is -2.39. The molecule has 3 heterocycles. The van der Waals surface area contributed by atoms with Crippen LogP contribution in [-0.2, 0) is 21.3 Å². The molecule has 1 unspecified atom stereocenters. The summed E-state index contributed by atoms with van der Waals surface area (Å²) >= 11 is 0. The van der Waals surface area contributed by atoms with Crippen LogP contribution in [0.3, 0.4) is 0 Å². The van der Waals surface area contributed by atoms with Crippen LogP contribution < -0.4 is 0 Å². The zero-order valence-corrected chi connectivity index (χ0v) is 18.5. The molecule has 1 amide bonds. The first-order chi connectivity index (χ1) is 13.8. The Morgan fingerprint density at radius 1 is 1.24 bits per heavy atom. The van der Waals surface area contributed by atoms with Gasteiger partial charge < -0.3 is 9.64 Å². The van der Waals surface area contributed by atoms with Gasteiger partial charge in [0.25, 0.3) is 5.91 Å². The highest BCUT2D eigenvalue weighted by atomic mass is 32.2. The van der Waals surface area contributed by atoms with Crippen LogP contribution in [0.5, 0.6) is 0 Å². The maximum Gasteiger partial charge on any atom is 0.256 e. The molecule has 0 aliphatic carbocycles. The van der Waals surface area contributed by atoms with Gasteiger partial charge in [-0.3, -0.25) is 14.4 Å². The second-order valence-electron chi connectivity index (χ2n) is 7.96. The molecule has 164 valence electrons. The number of nitrogens with zero attached hydrogens (tertiary/aromatic N) is 5. The SMILES string of the molecule is CCn1cc(C(=O)N(C)CCN(C2CCOCC2)C2CCN(S(C)(=O)=O)C2)cn1. The van der Waals surface area contributed by atoms with Gasteiger partial charge in [0.15, 0.2) is 0 Å². The lowest BCUT2D eigenvalue weighted by Crippen LogP contribution is -2.50. The minimum atomic E-state index is -3.17. The third-order valence-electron chi connectivity index (χ3n) is 5.97. The fraction of sp³-hybridized carbons (Fsp3) is 0.789. The highest BCUT2D eigenvalue weighted by molar-refractivity contribution is 7.88. The fourth-order valence-electron chi connectivity index (χ4n) is 4.20. The number of aromatic nitrogens is 2. The van der Waals surface area contributed by atoms with Crippen LogP contribution in [0.1, 0.15) is 36.5 Å². The van der Waals surface area contributed by atoms with Gasteiger partial charge in [-0.2, -0.15) is 5.10 Å². The molecule has 0 N–H and O–H groups in total. The van der Waals surface area contributed by atoms with E-state index in [2.05, 4.69) is 10.00 Å². The molecular formula is C19H33N5O4S. The molecule has 0 bridgehead atoms. The predicted octanol–water partition coefficient (Wildman–Crippen LogP) is 0.490. The average molecular weight is 428 g/mol. The van der Waals surface area contributed by atoms with Gasteiger partial charge in [-0.25, -0.2) is 12.7 Å². The molecule has 2 aliphatic heterocycles. The van der Waals surface area contributed by atoms with Crippen LogP contribution >= 0.6 is 0 Å². The Morgan fingerprint density at radius 3 is 2.55 bits per heavy atom. The topological polar surface area (TPSA) is 88.0 Å². The highest BCUT2D eigenvalue weighted by Gasteiger charge is 2.36. The molecule has 1 aromatic heterocycles. The van der Waals surface area contributed by atoms with Gasteiger partial charge in [-0.1, -0.05) is 0 Å². The Kier molecular flexibility index (Phi) is 7.31. The Hall–Kier alpha value is -1.49. The lowest BCUT2D eigenvalue weighted by molar-refractivity contribution is 0.0158. The molecular weight excluding hydrogens is 394 g/mol. The third-order valence-corrected chi connectivity index (χ3v) is 7.24. The van der Waals surface area contributed by atoms with Gasteiger partial charge in [0.2, 0.25) is 10.0 Å². The van der Waals surface area contributed by atoms with Crippen molar-refractivity contribution in [3.8, 4) is 0 Å². The summed E-state index contributed by atoms with van der Waals surface area (Å²) in [6, 6.07) is 0.541. The van der Waals surface area contributed by atoms with Gasteiger partial charge in [-0.15, -0.1) is 0 Å². The summed E-state index contributed by atoms with van der Waals surface area (Å²) < 4.78 is 32.7. The number of rotatable bonds is 8. The molecule has 0 saturated carbocycles. The molecule has 1 aromatic rings. The van der Waals surface area contributed by atoms with Crippen LogP contribution in [-0.4, -0.2) is 103 Å². The van der Waals surface area contributed by atoms with Gasteiger partial charge in [0, 0.05) is 71.3 Å². The average Bonchev–Trinajstić information content (AvgIpc) is 3.38. The quantitative estimate of drug-likeness (QED) is 0.600. The first-order valence-corrected chi connectivity index (χ1v) is 12.2. The number of likely N-dealkylation sites (N-methyl/N-ethyl adjacent to an activating group) is 1. The van der Waals surface area contributed by atoms with Crippen LogP contribution in [0.25, 0.3) is 0 Å². The predicted molar refractivity (Wildman–Crippen MR) is 110 cm³/mol. The molecule has 10 heteroatoms. The summed E-state index contributed by atoms with van der Waals surface area (Å²) in [4.78, 5) is 16.9. The minimum absolute atomic E-state index is 0.0409. The Balaban J connectivity index is 1.64. The fourth-order valence-corrected chi connectivity index (χ4v) is 5.08. The number of aryl methyl sites for hydroxylation is 1. The van der Waals surface area contributed by atoms with E-state index in [9.17, 15) is 13.2 Å². The molecule has 9 nitrogen and oxygen atoms in total.